The van der Waals surface area contributed by atoms with E-state index in [1.54, 1.807) is 0 Å². The molecule has 1 saturated heterocycles. The number of esters is 2. The zero-order valence-corrected chi connectivity index (χ0v) is 22.8. The Balaban J connectivity index is 1.22. The second-order valence-electron chi connectivity index (χ2n) is 14.0. The average Bonchev–Trinajstić information content (AvgIpc) is 3.15. The molecular formula is C30H48O6. The molecule has 36 heavy (non-hydrogen) atoms. The highest BCUT2D eigenvalue weighted by Crippen LogP contribution is 2.68. The van der Waals surface area contributed by atoms with Gasteiger partial charge in [0.15, 0.2) is 0 Å². The van der Waals surface area contributed by atoms with Crippen molar-refractivity contribution >= 4 is 11.9 Å². The van der Waals surface area contributed by atoms with Crippen molar-refractivity contribution in [2.24, 2.45) is 46.3 Å². The molecule has 5 aliphatic rings. The van der Waals surface area contributed by atoms with E-state index in [2.05, 4.69) is 20.8 Å². The van der Waals surface area contributed by atoms with Gasteiger partial charge in [-0.1, -0.05) is 20.8 Å². The molecule has 6 heteroatoms. The number of hydrogen-bond acceptors (Lipinski definition) is 6. The van der Waals surface area contributed by atoms with Crippen LogP contribution in [0, 0.1) is 46.3 Å². The fourth-order valence-electron chi connectivity index (χ4n) is 9.96. The van der Waals surface area contributed by atoms with Crippen molar-refractivity contribution in [3.8, 4) is 0 Å². The zero-order chi connectivity index (χ0) is 25.9. The van der Waals surface area contributed by atoms with Gasteiger partial charge in [0.1, 0.15) is 5.60 Å². The van der Waals surface area contributed by atoms with Gasteiger partial charge in [0.25, 0.3) is 0 Å². The number of aliphatic hydroxyl groups excluding tert-OH is 2. The number of hydrogen-bond donors (Lipinski definition) is 2. The first-order valence-corrected chi connectivity index (χ1v) is 14.7. The molecule has 1 heterocycles. The highest BCUT2D eigenvalue weighted by molar-refractivity contribution is 5.74. The largest absolute Gasteiger partial charge is 0.465 e. The van der Waals surface area contributed by atoms with Crippen LogP contribution in [-0.4, -0.2) is 46.6 Å². The first kappa shape index (κ1) is 26.5. The number of rotatable bonds is 5. The number of carbonyl (C=O) groups excluding carboxylic acids is 2. The summed E-state index contributed by atoms with van der Waals surface area (Å²) in [5.41, 5.74) is -0.278. The van der Waals surface area contributed by atoms with Crippen LogP contribution >= 0.6 is 0 Å². The first-order valence-electron chi connectivity index (χ1n) is 14.7. The van der Waals surface area contributed by atoms with E-state index in [9.17, 15) is 19.8 Å². The summed E-state index contributed by atoms with van der Waals surface area (Å²) in [6, 6.07) is 0. The Kier molecular flexibility index (Phi) is 7.02. The van der Waals surface area contributed by atoms with Crippen molar-refractivity contribution in [2.45, 2.75) is 123 Å². The molecule has 10 unspecified atom stereocenters. The standard InChI is InChI=1S/C30H48O6/c1-18(5-8-25(33)36-28(2)13-14-35-26(34)17-28)21-6-7-22-27-23(10-12-30(21,22)4)29(3)11-9-20(31)15-19(29)16-24(27)32/h18-24,27,31-32H,5-17H2,1-4H3/t18?,19?,20?,21?,22-,23?,24?,27?,28?,29?,30?/m0/s1. The van der Waals surface area contributed by atoms with Crippen molar-refractivity contribution < 1.29 is 29.3 Å². The minimum atomic E-state index is -0.737. The average molecular weight is 505 g/mol. The third-order valence-electron chi connectivity index (χ3n) is 12.0. The molecular weight excluding hydrogens is 456 g/mol. The van der Waals surface area contributed by atoms with Gasteiger partial charge in [0.05, 0.1) is 25.2 Å². The SMILES string of the molecule is CC(CCC(=O)OC1(C)CCOC(=O)C1)C1CC[C@H]2C3C(O)CC4CC(O)CCC4(C)C3CCC12C. The van der Waals surface area contributed by atoms with Crippen LogP contribution in [-0.2, 0) is 19.1 Å². The molecule has 1 aliphatic heterocycles. The Morgan fingerprint density at radius 1 is 1.03 bits per heavy atom. The van der Waals surface area contributed by atoms with Gasteiger partial charge in [-0.2, -0.15) is 0 Å². The second kappa shape index (κ2) is 9.55. The third-order valence-corrected chi connectivity index (χ3v) is 12.0. The summed E-state index contributed by atoms with van der Waals surface area (Å²) in [4.78, 5) is 24.4. The molecule has 0 amide bonds. The highest BCUT2D eigenvalue weighted by atomic mass is 16.6. The number of cyclic esters (lactones) is 1. The summed E-state index contributed by atoms with van der Waals surface area (Å²) >= 11 is 0. The molecule has 4 saturated carbocycles. The Labute approximate surface area is 216 Å². The normalized spacial score (nSPS) is 49.3. The van der Waals surface area contributed by atoms with Gasteiger partial charge in [-0.25, -0.2) is 0 Å². The molecule has 0 bridgehead atoms. The van der Waals surface area contributed by atoms with Gasteiger partial charge in [0.2, 0.25) is 0 Å². The summed E-state index contributed by atoms with van der Waals surface area (Å²) in [7, 11) is 0. The van der Waals surface area contributed by atoms with Crippen molar-refractivity contribution in [3.63, 3.8) is 0 Å². The lowest BCUT2D eigenvalue weighted by Crippen LogP contribution is -2.58. The first-order chi connectivity index (χ1) is 16.9. The monoisotopic (exact) mass is 504 g/mol. The number of carbonyl (C=O) groups is 2. The lowest BCUT2D eigenvalue weighted by Gasteiger charge is -2.62. The van der Waals surface area contributed by atoms with Crippen LogP contribution in [0.4, 0.5) is 0 Å². The summed E-state index contributed by atoms with van der Waals surface area (Å²) in [6.07, 6.45) is 9.88. The molecule has 0 spiro atoms. The Morgan fingerprint density at radius 2 is 1.75 bits per heavy atom. The Bertz CT molecular complexity index is 858. The summed E-state index contributed by atoms with van der Waals surface area (Å²) in [5.74, 6) is 2.39. The zero-order valence-electron chi connectivity index (χ0n) is 22.8. The van der Waals surface area contributed by atoms with Crippen LogP contribution in [0.3, 0.4) is 0 Å². The summed E-state index contributed by atoms with van der Waals surface area (Å²) < 4.78 is 10.8. The number of ether oxygens (including phenoxy) is 2. The van der Waals surface area contributed by atoms with E-state index in [-0.39, 0.29) is 41.4 Å². The van der Waals surface area contributed by atoms with Crippen molar-refractivity contribution in [1.82, 2.24) is 0 Å². The minimum Gasteiger partial charge on any atom is -0.465 e. The number of aliphatic hydroxyl groups is 2. The summed E-state index contributed by atoms with van der Waals surface area (Å²) in [6.45, 7) is 9.39. The molecule has 4 aliphatic carbocycles. The molecule has 0 aromatic heterocycles. The van der Waals surface area contributed by atoms with Gasteiger partial charge in [-0.3, -0.25) is 9.59 Å². The molecule has 0 aromatic rings. The Hall–Kier alpha value is -1.14. The van der Waals surface area contributed by atoms with Crippen molar-refractivity contribution in [1.29, 1.82) is 0 Å². The lowest BCUT2D eigenvalue weighted by molar-refractivity contribution is -0.176. The van der Waals surface area contributed by atoms with Crippen LogP contribution in [0.5, 0.6) is 0 Å². The third kappa shape index (κ3) is 4.52. The number of fused-ring (bicyclic) bond motifs is 5. The lowest BCUT2D eigenvalue weighted by atomic mass is 9.43. The predicted octanol–water partition coefficient (Wildman–Crippen LogP) is 5.03. The van der Waals surface area contributed by atoms with Gasteiger partial charge < -0.3 is 19.7 Å². The van der Waals surface area contributed by atoms with Gasteiger partial charge in [-0.05, 0) is 111 Å². The molecule has 5 rings (SSSR count). The molecule has 204 valence electrons. The van der Waals surface area contributed by atoms with E-state index in [1.165, 1.54) is 25.7 Å². The van der Waals surface area contributed by atoms with E-state index in [4.69, 9.17) is 9.47 Å². The van der Waals surface area contributed by atoms with Crippen molar-refractivity contribution in [2.75, 3.05) is 6.61 Å². The van der Waals surface area contributed by atoms with Crippen LogP contribution in [0.25, 0.3) is 0 Å². The van der Waals surface area contributed by atoms with E-state index in [0.717, 1.165) is 32.1 Å². The van der Waals surface area contributed by atoms with E-state index < -0.39 is 5.60 Å². The maximum Gasteiger partial charge on any atom is 0.309 e. The van der Waals surface area contributed by atoms with Gasteiger partial charge in [-0.15, -0.1) is 0 Å². The van der Waals surface area contributed by atoms with E-state index in [0.29, 0.717) is 55.0 Å². The second-order valence-corrected chi connectivity index (χ2v) is 14.0. The molecule has 6 nitrogen and oxygen atoms in total. The molecule has 0 radical (unpaired) electrons. The van der Waals surface area contributed by atoms with Crippen LogP contribution in [0.1, 0.15) is 105 Å². The molecule has 11 atom stereocenters. The van der Waals surface area contributed by atoms with Gasteiger partial charge >= 0.3 is 11.9 Å². The van der Waals surface area contributed by atoms with E-state index >= 15 is 0 Å². The quantitative estimate of drug-likeness (QED) is 0.510. The topological polar surface area (TPSA) is 93.1 Å². The van der Waals surface area contributed by atoms with Crippen LogP contribution in [0.15, 0.2) is 0 Å². The fourth-order valence-corrected chi connectivity index (χ4v) is 9.96. The van der Waals surface area contributed by atoms with Crippen LogP contribution in [0.2, 0.25) is 0 Å². The smallest absolute Gasteiger partial charge is 0.309 e. The van der Waals surface area contributed by atoms with Gasteiger partial charge in [0, 0.05) is 12.8 Å². The molecule has 5 fully saturated rings. The Morgan fingerprint density at radius 3 is 2.50 bits per heavy atom. The minimum absolute atomic E-state index is 0.139. The van der Waals surface area contributed by atoms with Crippen LogP contribution < -0.4 is 0 Å². The predicted molar refractivity (Wildman–Crippen MR) is 136 cm³/mol. The maximum atomic E-state index is 12.7. The molecule has 2 N–H and O–H groups in total. The van der Waals surface area contributed by atoms with E-state index in [1.807, 2.05) is 6.92 Å². The maximum absolute atomic E-state index is 12.7. The summed E-state index contributed by atoms with van der Waals surface area (Å²) in [5, 5.41) is 21.7. The fraction of sp³-hybridized carbons (Fsp3) is 0.933. The van der Waals surface area contributed by atoms with Crippen molar-refractivity contribution in [3.05, 3.63) is 0 Å². The highest BCUT2D eigenvalue weighted by Gasteiger charge is 2.62. The molecule has 0 aromatic carbocycles.